The second-order valence-corrected chi connectivity index (χ2v) is 8.55. The number of benzene rings is 2. The highest BCUT2D eigenvalue weighted by molar-refractivity contribution is 5.69. The topological polar surface area (TPSA) is 49.8 Å². The van der Waals surface area contributed by atoms with Gasteiger partial charge in [-0.3, -0.25) is 0 Å². The van der Waals surface area contributed by atoms with Gasteiger partial charge >= 0.3 is 6.09 Å². The molecule has 28 heavy (non-hydrogen) atoms. The lowest BCUT2D eigenvalue weighted by molar-refractivity contribution is -0.0544. The van der Waals surface area contributed by atoms with E-state index in [2.05, 4.69) is 32.9 Å². The SMILES string of the molecule is Cc1cc(C)c(C2(O)CC3CCC(C2)N3C(=O)OCc2ccccc2)c(C)c1. The number of rotatable bonds is 3. The Morgan fingerprint density at radius 2 is 1.64 bits per heavy atom. The van der Waals surface area contributed by atoms with Crippen molar-refractivity contribution in [2.24, 2.45) is 0 Å². The molecule has 4 rings (SSSR count). The third-order valence-corrected chi connectivity index (χ3v) is 6.32. The van der Waals surface area contributed by atoms with Crippen LogP contribution < -0.4 is 0 Å². The number of ether oxygens (including phenoxy) is 1. The Labute approximate surface area is 167 Å². The van der Waals surface area contributed by atoms with Crippen molar-refractivity contribution in [2.45, 2.75) is 70.7 Å². The molecule has 2 aromatic carbocycles. The van der Waals surface area contributed by atoms with Crippen LogP contribution in [-0.2, 0) is 16.9 Å². The van der Waals surface area contributed by atoms with E-state index in [0.717, 1.165) is 35.1 Å². The van der Waals surface area contributed by atoms with Crippen molar-refractivity contribution in [3.8, 4) is 0 Å². The van der Waals surface area contributed by atoms with Gasteiger partial charge < -0.3 is 14.7 Å². The molecule has 2 aliphatic heterocycles. The lowest BCUT2D eigenvalue weighted by Gasteiger charge is -2.44. The van der Waals surface area contributed by atoms with Crippen molar-refractivity contribution in [3.63, 3.8) is 0 Å². The summed E-state index contributed by atoms with van der Waals surface area (Å²) in [5, 5.41) is 11.6. The van der Waals surface area contributed by atoms with E-state index in [0.29, 0.717) is 12.8 Å². The van der Waals surface area contributed by atoms with Gasteiger partial charge in [-0.25, -0.2) is 4.79 Å². The van der Waals surface area contributed by atoms with Gasteiger partial charge in [0.2, 0.25) is 0 Å². The van der Waals surface area contributed by atoms with Gasteiger partial charge in [0.05, 0.1) is 5.60 Å². The molecule has 1 amide bonds. The third-order valence-electron chi connectivity index (χ3n) is 6.32. The number of carbonyl (C=O) groups is 1. The van der Waals surface area contributed by atoms with Crippen LogP contribution in [0.1, 0.15) is 53.5 Å². The molecule has 2 bridgehead atoms. The number of piperidine rings is 1. The van der Waals surface area contributed by atoms with Crippen LogP contribution in [0.2, 0.25) is 0 Å². The van der Waals surface area contributed by atoms with Crippen LogP contribution in [0.5, 0.6) is 0 Å². The van der Waals surface area contributed by atoms with Crippen molar-refractivity contribution in [1.29, 1.82) is 0 Å². The Balaban J connectivity index is 1.51. The fourth-order valence-electron chi connectivity index (χ4n) is 5.43. The number of amides is 1. The van der Waals surface area contributed by atoms with E-state index < -0.39 is 5.60 Å². The molecule has 2 atom stereocenters. The van der Waals surface area contributed by atoms with Gasteiger partial charge in [0.25, 0.3) is 0 Å². The van der Waals surface area contributed by atoms with Gasteiger partial charge in [-0.1, -0.05) is 48.0 Å². The van der Waals surface area contributed by atoms with Crippen LogP contribution in [0, 0.1) is 20.8 Å². The van der Waals surface area contributed by atoms with E-state index in [1.165, 1.54) is 5.56 Å². The van der Waals surface area contributed by atoms with Crippen LogP contribution in [0.25, 0.3) is 0 Å². The zero-order chi connectivity index (χ0) is 19.9. The zero-order valence-electron chi connectivity index (χ0n) is 16.9. The third kappa shape index (κ3) is 3.42. The van der Waals surface area contributed by atoms with Crippen molar-refractivity contribution in [1.82, 2.24) is 4.90 Å². The summed E-state index contributed by atoms with van der Waals surface area (Å²) in [5.41, 5.74) is 4.66. The fraction of sp³-hybridized carbons (Fsp3) is 0.458. The quantitative estimate of drug-likeness (QED) is 0.836. The molecule has 0 spiro atoms. The molecule has 0 radical (unpaired) electrons. The molecule has 148 valence electrons. The van der Waals surface area contributed by atoms with Gasteiger partial charge in [-0.2, -0.15) is 0 Å². The lowest BCUT2D eigenvalue weighted by Crippen LogP contribution is -2.52. The van der Waals surface area contributed by atoms with Crippen molar-refractivity contribution < 1.29 is 14.6 Å². The van der Waals surface area contributed by atoms with Crippen molar-refractivity contribution in [3.05, 3.63) is 70.3 Å². The summed E-state index contributed by atoms with van der Waals surface area (Å²) in [5.74, 6) is 0. The zero-order valence-corrected chi connectivity index (χ0v) is 16.9. The van der Waals surface area contributed by atoms with E-state index in [9.17, 15) is 9.90 Å². The standard InChI is InChI=1S/C24H29NO3/c1-16-11-17(2)22(18(3)12-16)24(27)13-20-9-10-21(14-24)25(20)23(26)28-15-19-7-5-4-6-8-19/h4-8,11-12,20-21,27H,9-10,13-15H2,1-3H3. The van der Waals surface area contributed by atoms with Crippen LogP contribution >= 0.6 is 0 Å². The summed E-state index contributed by atoms with van der Waals surface area (Å²) in [4.78, 5) is 14.7. The van der Waals surface area contributed by atoms with E-state index >= 15 is 0 Å². The smallest absolute Gasteiger partial charge is 0.410 e. The highest BCUT2D eigenvalue weighted by Gasteiger charge is 2.51. The predicted molar refractivity (Wildman–Crippen MR) is 109 cm³/mol. The van der Waals surface area contributed by atoms with Crippen LogP contribution in [0.4, 0.5) is 4.79 Å². The molecular weight excluding hydrogens is 350 g/mol. The van der Waals surface area contributed by atoms with E-state index in [1.54, 1.807) is 0 Å². The molecule has 2 unspecified atom stereocenters. The Morgan fingerprint density at radius 1 is 1.07 bits per heavy atom. The molecule has 0 saturated carbocycles. The molecule has 4 heteroatoms. The summed E-state index contributed by atoms with van der Waals surface area (Å²) in [7, 11) is 0. The summed E-state index contributed by atoms with van der Waals surface area (Å²) < 4.78 is 5.59. The fourth-order valence-corrected chi connectivity index (χ4v) is 5.43. The highest BCUT2D eigenvalue weighted by atomic mass is 16.6. The summed E-state index contributed by atoms with van der Waals surface area (Å²) in [6, 6.07) is 14.1. The first-order valence-corrected chi connectivity index (χ1v) is 10.2. The Hall–Kier alpha value is -2.33. The van der Waals surface area contributed by atoms with Gasteiger partial charge in [0.15, 0.2) is 0 Å². The molecule has 4 nitrogen and oxygen atoms in total. The van der Waals surface area contributed by atoms with Gasteiger partial charge in [-0.05, 0) is 55.9 Å². The van der Waals surface area contributed by atoms with Gasteiger partial charge in [-0.15, -0.1) is 0 Å². The first-order chi connectivity index (χ1) is 13.4. The number of aryl methyl sites for hydroxylation is 3. The molecule has 2 aromatic rings. The molecular formula is C24H29NO3. The Kier molecular flexibility index (Phi) is 4.92. The van der Waals surface area contributed by atoms with E-state index in [1.807, 2.05) is 35.2 Å². The average molecular weight is 380 g/mol. The van der Waals surface area contributed by atoms with Gasteiger partial charge in [0, 0.05) is 24.9 Å². The maximum absolute atomic E-state index is 12.8. The molecule has 2 fully saturated rings. The van der Waals surface area contributed by atoms with Crippen LogP contribution in [0.3, 0.4) is 0 Å². The second kappa shape index (κ2) is 7.25. The number of hydrogen-bond donors (Lipinski definition) is 1. The van der Waals surface area contributed by atoms with Gasteiger partial charge in [0.1, 0.15) is 6.61 Å². The second-order valence-electron chi connectivity index (χ2n) is 8.55. The monoisotopic (exact) mass is 379 g/mol. The minimum absolute atomic E-state index is 0.0344. The molecule has 2 heterocycles. The van der Waals surface area contributed by atoms with Crippen LogP contribution in [0.15, 0.2) is 42.5 Å². The molecule has 0 aliphatic carbocycles. The highest BCUT2D eigenvalue weighted by Crippen LogP contribution is 2.47. The summed E-state index contributed by atoms with van der Waals surface area (Å²) in [6.45, 7) is 6.53. The molecule has 0 aromatic heterocycles. The average Bonchev–Trinajstić information content (AvgIpc) is 2.92. The Bertz CT molecular complexity index is 840. The maximum Gasteiger partial charge on any atom is 0.410 e. The minimum atomic E-state index is -0.871. The number of carbonyl (C=O) groups excluding carboxylic acids is 1. The molecule has 1 N–H and O–H groups in total. The first kappa shape index (κ1) is 19.0. The summed E-state index contributed by atoms with van der Waals surface area (Å²) in [6.07, 6.45) is 2.76. The number of fused-ring (bicyclic) bond motifs is 2. The largest absolute Gasteiger partial charge is 0.445 e. The van der Waals surface area contributed by atoms with E-state index in [-0.39, 0.29) is 24.8 Å². The van der Waals surface area contributed by atoms with Crippen molar-refractivity contribution in [2.75, 3.05) is 0 Å². The summed E-state index contributed by atoms with van der Waals surface area (Å²) >= 11 is 0. The number of aliphatic hydroxyl groups is 1. The first-order valence-electron chi connectivity index (χ1n) is 10.2. The predicted octanol–water partition coefficient (Wildman–Crippen LogP) is 4.76. The maximum atomic E-state index is 12.8. The Morgan fingerprint density at radius 3 is 2.21 bits per heavy atom. The molecule has 2 aliphatic rings. The lowest BCUT2D eigenvalue weighted by atomic mass is 9.76. The normalized spacial score (nSPS) is 26.4. The minimum Gasteiger partial charge on any atom is -0.445 e. The van der Waals surface area contributed by atoms with E-state index in [4.69, 9.17) is 4.74 Å². The van der Waals surface area contributed by atoms with Crippen LogP contribution in [-0.4, -0.2) is 28.2 Å². The number of hydrogen-bond acceptors (Lipinski definition) is 3. The molecule has 2 saturated heterocycles. The van der Waals surface area contributed by atoms with Crippen molar-refractivity contribution >= 4 is 6.09 Å². The number of nitrogens with zero attached hydrogens (tertiary/aromatic N) is 1.